The average Bonchev–Trinajstić information content (AvgIpc) is 3.35. The molecule has 4 aromatic rings. The lowest BCUT2D eigenvalue weighted by Crippen LogP contribution is -2.31. The van der Waals surface area contributed by atoms with Crippen LogP contribution in [0, 0.1) is 5.92 Å². The third-order valence-electron chi connectivity index (χ3n) is 6.58. The number of carbonyl (C=O) groups excluding carboxylic acids is 1. The Morgan fingerprint density at radius 3 is 2.52 bits per heavy atom. The number of nitrogens with one attached hydrogen (secondary N) is 2. The van der Waals surface area contributed by atoms with Crippen LogP contribution < -0.4 is 15.4 Å². The number of aromatic nitrogens is 3. The van der Waals surface area contributed by atoms with Crippen molar-refractivity contribution in [2.75, 3.05) is 17.2 Å². The van der Waals surface area contributed by atoms with E-state index in [1.807, 2.05) is 85.8 Å². The van der Waals surface area contributed by atoms with Crippen LogP contribution in [0.2, 0.25) is 5.02 Å². The van der Waals surface area contributed by atoms with E-state index in [2.05, 4.69) is 24.5 Å². The third-order valence-corrected chi connectivity index (χ3v) is 7.84. The number of thioether (sulfide) groups is 1. The number of nitrogens with zero attached hydrogens (tertiary/aromatic N) is 3. The molecule has 9 heteroatoms. The van der Waals surface area contributed by atoms with Gasteiger partial charge in [-0.05, 0) is 60.7 Å². The predicted octanol–water partition coefficient (Wildman–Crippen LogP) is 7.58. The molecular formula is C31H32ClN5O2S. The summed E-state index contributed by atoms with van der Waals surface area (Å²) in [5.74, 6) is 2.37. The van der Waals surface area contributed by atoms with Crippen LogP contribution >= 0.6 is 23.4 Å². The summed E-state index contributed by atoms with van der Waals surface area (Å²) in [5, 5.41) is 12.5. The van der Waals surface area contributed by atoms with Crippen LogP contribution in [-0.4, -0.2) is 27.3 Å². The van der Waals surface area contributed by atoms with Gasteiger partial charge < -0.3 is 15.4 Å². The first-order chi connectivity index (χ1) is 19.4. The van der Waals surface area contributed by atoms with Crippen LogP contribution in [0.15, 0.2) is 95.3 Å². The quantitative estimate of drug-likeness (QED) is 0.190. The lowest BCUT2D eigenvalue weighted by molar-refractivity contribution is -0.113. The minimum atomic E-state index is -0.480. The Bertz CT molecular complexity index is 1500. The van der Waals surface area contributed by atoms with E-state index in [4.69, 9.17) is 26.4 Å². The van der Waals surface area contributed by atoms with Gasteiger partial charge >= 0.3 is 0 Å². The zero-order valence-electron chi connectivity index (χ0n) is 22.7. The number of fused-ring (bicyclic) bond motifs is 1. The molecule has 1 aromatic heterocycles. The van der Waals surface area contributed by atoms with Crippen molar-refractivity contribution in [2.45, 2.75) is 44.1 Å². The summed E-state index contributed by atoms with van der Waals surface area (Å²) in [7, 11) is 0. The Balaban J connectivity index is 1.45. The molecule has 0 radical (unpaired) electrons. The molecule has 7 nitrogen and oxygen atoms in total. The van der Waals surface area contributed by atoms with E-state index < -0.39 is 6.04 Å². The average molecular weight is 574 g/mol. The van der Waals surface area contributed by atoms with E-state index in [1.165, 1.54) is 11.8 Å². The Kier molecular flexibility index (Phi) is 8.77. The van der Waals surface area contributed by atoms with Crippen LogP contribution in [0.3, 0.4) is 0 Å². The Morgan fingerprint density at radius 2 is 1.80 bits per heavy atom. The number of anilines is 2. The summed E-state index contributed by atoms with van der Waals surface area (Å²) in [6.45, 7) is 6.91. The molecule has 0 saturated heterocycles. The van der Waals surface area contributed by atoms with Gasteiger partial charge in [-0.2, -0.15) is 4.98 Å². The van der Waals surface area contributed by atoms with E-state index in [0.29, 0.717) is 40.0 Å². The molecule has 2 heterocycles. The molecule has 40 heavy (non-hydrogen) atoms. The van der Waals surface area contributed by atoms with Crippen molar-refractivity contribution in [2.24, 2.45) is 5.92 Å². The standard InChI is InChI=1S/C31H32ClN5O2S/c1-20(2)17-18-39-25-15-13-22(14-16-25)28-27(29(38)34-24-10-5-4-6-11-24)21(3)33-30-35-31(36-37(28)30)40-19-23-9-7-8-12-26(23)32/h4-16,20,28H,17-19H2,1-3H3,(H,34,38)(H,33,35,36). The zero-order valence-corrected chi connectivity index (χ0v) is 24.3. The van der Waals surface area contributed by atoms with Gasteiger partial charge in [0, 0.05) is 22.2 Å². The molecule has 3 aromatic carbocycles. The molecular weight excluding hydrogens is 542 g/mol. The van der Waals surface area contributed by atoms with Gasteiger partial charge in [0.15, 0.2) is 0 Å². The highest BCUT2D eigenvalue weighted by molar-refractivity contribution is 7.98. The van der Waals surface area contributed by atoms with Gasteiger partial charge in [-0.3, -0.25) is 4.79 Å². The fourth-order valence-electron chi connectivity index (χ4n) is 4.43. The van der Waals surface area contributed by atoms with Crippen molar-refractivity contribution in [1.29, 1.82) is 0 Å². The monoisotopic (exact) mass is 573 g/mol. The predicted molar refractivity (Wildman–Crippen MR) is 162 cm³/mol. The highest BCUT2D eigenvalue weighted by atomic mass is 35.5. The van der Waals surface area contributed by atoms with Crippen molar-refractivity contribution >= 4 is 40.9 Å². The van der Waals surface area contributed by atoms with E-state index in [1.54, 1.807) is 4.68 Å². The van der Waals surface area contributed by atoms with Gasteiger partial charge in [0.1, 0.15) is 11.8 Å². The minimum absolute atomic E-state index is 0.204. The van der Waals surface area contributed by atoms with Gasteiger partial charge in [0.25, 0.3) is 5.91 Å². The number of rotatable bonds is 10. The number of carbonyl (C=O) groups is 1. The van der Waals surface area contributed by atoms with Crippen LogP contribution in [0.1, 0.15) is 44.4 Å². The van der Waals surface area contributed by atoms with E-state index in [0.717, 1.165) is 34.7 Å². The molecule has 1 amide bonds. The zero-order chi connectivity index (χ0) is 28.1. The van der Waals surface area contributed by atoms with Crippen LogP contribution in [0.5, 0.6) is 5.75 Å². The Hall–Kier alpha value is -3.75. The summed E-state index contributed by atoms with van der Waals surface area (Å²) >= 11 is 7.86. The van der Waals surface area contributed by atoms with Crippen molar-refractivity contribution in [1.82, 2.24) is 14.8 Å². The fourth-order valence-corrected chi connectivity index (χ4v) is 5.55. The smallest absolute Gasteiger partial charge is 0.255 e. The molecule has 1 aliphatic heterocycles. The topological polar surface area (TPSA) is 81.1 Å². The lowest BCUT2D eigenvalue weighted by atomic mass is 9.95. The van der Waals surface area contributed by atoms with E-state index in [-0.39, 0.29) is 5.91 Å². The molecule has 0 aliphatic carbocycles. The number of benzene rings is 3. The minimum Gasteiger partial charge on any atom is -0.494 e. The summed E-state index contributed by atoms with van der Waals surface area (Å²) < 4.78 is 7.73. The van der Waals surface area contributed by atoms with Gasteiger partial charge in [-0.15, -0.1) is 5.10 Å². The molecule has 1 aliphatic rings. The third kappa shape index (κ3) is 6.51. The molecule has 0 saturated carbocycles. The number of allylic oxidation sites excluding steroid dienone is 1. The highest BCUT2D eigenvalue weighted by Crippen LogP contribution is 2.38. The van der Waals surface area contributed by atoms with Gasteiger partial charge in [-0.25, -0.2) is 4.68 Å². The first-order valence-electron chi connectivity index (χ1n) is 13.3. The number of ether oxygens (including phenoxy) is 1. The van der Waals surface area contributed by atoms with Crippen molar-refractivity contribution in [3.63, 3.8) is 0 Å². The molecule has 0 bridgehead atoms. The Morgan fingerprint density at radius 1 is 1.07 bits per heavy atom. The van der Waals surface area contributed by atoms with Gasteiger partial charge in [-0.1, -0.05) is 85.7 Å². The molecule has 0 fully saturated rings. The van der Waals surface area contributed by atoms with Crippen molar-refractivity contribution in [3.8, 4) is 5.75 Å². The largest absolute Gasteiger partial charge is 0.494 e. The highest BCUT2D eigenvalue weighted by Gasteiger charge is 2.34. The first kappa shape index (κ1) is 27.8. The summed E-state index contributed by atoms with van der Waals surface area (Å²) in [4.78, 5) is 18.4. The number of para-hydroxylation sites is 1. The summed E-state index contributed by atoms with van der Waals surface area (Å²) in [6, 6.07) is 24.6. The molecule has 2 N–H and O–H groups in total. The molecule has 0 spiro atoms. The number of amides is 1. The molecule has 206 valence electrons. The second-order valence-electron chi connectivity index (χ2n) is 10.0. The maximum atomic E-state index is 13.7. The maximum absolute atomic E-state index is 13.7. The van der Waals surface area contributed by atoms with E-state index >= 15 is 0 Å². The fraction of sp³-hybridized carbons (Fsp3) is 0.258. The Labute approximate surface area is 244 Å². The molecule has 1 unspecified atom stereocenters. The number of halogens is 1. The van der Waals surface area contributed by atoms with Gasteiger partial charge in [0.05, 0.1) is 12.2 Å². The van der Waals surface area contributed by atoms with Crippen LogP contribution in [-0.2, 0) is 10.5 Å². The molecule has 1 atom stereocenters. The van der Waals surface area contributed by atoms with Crippen molar-refractivity contribution < 1.29 is 9.53 Å². The second kappa shape index (κ2) is 12.6. The normalized spacial score (nSPS) is 14.6. The maximum Gasteiger partial charge on any atom is 0.255 e. The second-order valence-corrected chi connectivity index (χ2v) is 11.4. The molecule has 5 rings (SSSR count). The number of hydrogen-bond donors (Lipinski definition) is 2. The number of hydrogen-bond acceptors (Lipinski definition) is 6. The van der Waals surface area contributed by atoms with Crippen molar-refractivity contribution in [3.05, 3.63) is 106 Å². The van der Waals surface area contributed by atoms with E-state index in [9.17, 15) is 4.79 Å². The van der Waals surface area contributed by atoms with Crippen LogP contribution in [0.25, 0.3) is 0 Å². The summed E-state index contributed by atoms with van der Waals surface area (Å²) in [5.41, 5.74) is 3.93. The SMILES string of the molecule is CC1=C(C(=O)Nc2ccccc2)C(c2ccc(OCCC(C)C)cc2)n2nc(SCc3ccccc3Cl)nc2N1. The van der Waals surface area contributed by atoms with Gasteiger partial charge in [0.2, 0.25) is 11.1 Å². The first-order valence-corrected chi connectivity index (χ1v) is 14.6. The lowest BCUT2D eigenvalue weighted by Gasteiger charge is -2.28. The summed E-state index contributed by atoms with van der Waals surface area (Å²) in [6.07, 6.45) is 0.985. The van der Waals surface area contributed by atoms with Crippen LogP contribution in [0.4, 0.5) is 11.6 Å².